The van der Waals surface area contributed by atoms with Crippen molar-refractivity contribution in [2.45, 2.75) is 38.3 Å². The number of allylic oxidation sites excluding steroid dienone is 2. The summed E-state index contributed by atoms with van der Waals surface area (Å²) in [5.74, 6) is -0.0324. The summed E-state index contributed by atoms with van der Waals surface area (Å²) in [6.07, 6.45) is 5.22. The summed E-state index contributed by atoms with van der Waals surface area (Å²) in [6.45, 7) is 4.95. The first kappa shape index (κ1) is 14.2. The Bertz CT molecular complexity index is 422. The molecule has 18 heavy (non-hydrogen) atoms. The first-order valence-electron chi connectivity index (χ1n) is 5.56. The summed E-state index contributed by atoms with van der Waals surface area (Å²) < 4.78 is 0. The van der Waals surface area contributed by atoms with E-state index in [2.05, 4.69) is 10.6 Å². The van der Waals surface area contributed by atoms with Crippen LogP contribution in [-0.4, -0.2) is 33.3 Å². The lowest BCUT2D eigenvalue weighted by Crippen LogP contribution is -2.39. The number of carbonyl (C=O) groups excluding carboxylic acids is 2. The largest absolute Gasteiger partial charge is 0.512 e. The zero-order chi connectivity index (χ0) is 14.0. The molecule has 0 bridgehead atoms. The van der Waals surface area contributed by atoms with E-state index in [9.17, 15) is 14.7 Å². The van der Waals surface area contributed by atoms with Gasteiger partial charge in [-0.2, -0.15) is 0 Å². The van der Waals surface area contributed by atoms with Crippen molar-refractivity contribution in [3.05, 3.63) is 24.0 Å². The van der Waals surface area contributed by atoms with E-state index in [4.69, 9.17) is 5.11 Å². The third-order valence-corrected chi connectivity index (χ3v) is 2.50. The second-order valence-corrected chi connectivity index (χ2v) is 5.08. The second kappa shape index (κ2) is 4.81. The second-order valence-electron chi connectivity index (χ2n) is 5.08. The molecule has 1 saturated heterocycles. The molecule has 1 aliphatic heterocycles. The number of urea groups is 1. The molecule has 1 unspecified atom stereocenters. The Morgan fingerprint density at radius 1 is 1.28 bits per heavy atom. The molecule has 2 aliphatic rings. The van der Waals surface area contributed by atoms with Gasteiger partial charge < -0.3 is 15.5 Å². The van der Waals surface area contributed by atoms with Gasteiger partial charge in [-0.3, -0.25) is 10.1 Å². The lowest BCUT2D eigenvalue weighted by Gasteiger charge is -2.20. The van der Waals surface area contributed by atoms with E-state index in [1.165, 1.54) is 0 Å². The highest BCUT2D eigenvalue weighted by Crippen LogP contribution is 2.19. The number of imide groups is 1. The van der Waals surface area contributed by atoms with E-state index in [0.29, 0.717) is 6.42 Å². The van der Waals surface area contributed by atoms with Gasteiger partial charge in [0, 0.05) is 6.42 Å². The van der Waals surface area contributed by atoms with Crippen molar-refractivity contribution in [1.82, 2.24) is 10.6 Å². The lowest BCUT2D eigenvalue weighted by molar-refractivity contribution is -0.122. The first-order valence-corrected chi connectivity index (χ1v) is 5.56. The molecule has 0 aromatic rings. The van der Waals surface area contributed by atoms with E-state index in [1.807, 2.05) is 0 Å². The number of rotatable bonds is 0. The maximum atomic E-state index is 10.7. The molecule has 0 aromatic heterocycles. The fraction of sp³-hybridized carbons (Fsp3) is 0.500. The minimum Gasteiger partial charge on any atom is -0.512 e. The fourth-order valence-electron chi connectivity index (χ4n) is 1.48. The van der Waals surface area contributed by atoms with Gasteiger partial charge in [0.1, 0.15) is 5.54 Å². The van der Waals surface area contributed by atoms with Gasteiger partial charge in [0.2, 0.25) is 0 Å². The van der Waals surface area contributed by atoms with Crippen LogP contribution < -0.4 is 10.6 Å². The Hall–Kier alpha value is -1.82. The SMILES string of the molecule is CC1(C)NC(=O)NC1=O.CC1(O)C=CC=C(O)C1. The van der Waals surface area contributed by atoms with Gasteiger partial charge in [-0.1, -0.05) is 12.2 Å². The molecule has 2 rings (SSSR count). The molecule has 1 fully saturated rings. The van der Waals surface area contributed by atoms with Crippen LogP contribution in [0, 0.1) is 0 Å². The van der Waals surface area contributed by atoms with Gasteiger partial charge in [0.05, 0.1) is 11.4 Å². The van der Waals surface area contributed by atoms with E-state index in [0.717, 1.165) is 0 Å². The molecule has 0 saturated carbocycles. The van der Waals surface area contributed by atoms with Crippen LogP contribution in [0.25, 0.3) is 0 Å². The van der Waals surface area contributed by atoms with E-state index < -0.39 is 17.2 Å². The summed E-state index contributed by atoms with van der Waals surface area (Å²) in [4.78, 5) is 21.1. The molecule has 3 amide bonds. The smallest absolute Gasteiger partial charge is 0.322 e. The maximum absolute atomic E-state index is 10.7. The van der Waals surface area contributed by atoms with Crippen LogP contribution in [0.1, 0.15) is 27.2 Å². The van der Waals surface area contributed by atoms with Crippen LogP contribution in [0.3, 0.4) is 0 Å². The molecule has 0 spiro atoms. The summed E-state index contributed by atoms with van der Waals surface area (Å²) in [6, 6.07) is -0.412. The van der Waals surface area contributed by atoms with Crippen molar-refractivity contribution >= 4 is 11.9 Å². The molecule has 1 aliphatic carbocycles. The van der Waals surface area contributed by atoms with Crippen molar-refractivity contribution in [2.24, 2.45) is 0 Å². The lowest BCUT2D eigenvalue weighted by atomic mass is 9.97. The highest BCUT2D eigenvalue weighted by atomic mass is 16.3. The zero-order valence-electron chi connectivity index (χ0n) is 10.7. The van der Waals surface area contributed by atoms with Crippen LogP contribution in [0.4, 0.5) is 4.79 Å². The van der Waals surface area contributed by atoms with E-state index in [-0.39, 0.29) is 11.7 Å². The van der Waals surface area contributed by atoms with Gasteiger partial charge in [0.15, 0.2) is 0 Å². The van der Waals surface area contributed by atoms with Gasteiger partial charge >= 0.3 is 6.03 Å². The van der Waals surface area contributed by atoms with Crippen molar-refractivity contribution in [1.29, 1.82) is 0 Å². The van der Waals surface area contributed by atoms with Crippen LogP contribution in [0.15, 0.2) is 24.0 Å². The Morgan fingerprint density at radius 3 is 2.11 bits per heavy atom. The van der Waals surface area contributed by atoms with Gasteiger partial charge in [0.25, 0.3) is 5.91 Å². The summed E-state index contributed by atoms with van der Waals surface area (Å²) in [7, 11) is 0. The predicted octanol–water partition coefficient (Wildman–Crippen LogP) is 0.744. The number of hydrogen-bond acceptors (Lipinski definition) is 4. The third kappa shape index (κ3) is 3.89. The van der Waals surface area contributed by atoms with Crippen molar-refractivity contribution in [3.8, 4) is 0 Å². The number of aliphatic hydroxyl groups excluding tert-OH is 1. The Labute approximate surface area is 105 Å². The van der Waals surface area contributed by atoms with Gasteiger partial charge in [-0.05, 0) is 26.8 Å². The summed E-state index contributed by atoms with van der Waals surface area (Å²) in [5, 5.41) is 22.7. The average molecular weight is 254 g/mol. The average Bonchev–Trinajstić information content (AvgIpc) is 2.36. The molecule has 0 radical (unpaired) electrons. The predicted molar refractivity (Wildman–Crippen MR) is 65.8 cm³/mol. The van der Waals surface area contributed by atoms with Crippen LogP contribution >= 0.6 is 0 Å². The van der Waals surface area contributed by atoms with Crippen LogP contribution in [0.2, 0.25) is 0 Å². The van der Waals surface area contributed by atoms with E-state index in [1.54, 1.807) is 39.0 Å². The minimum atomic E-state index is -0.848. The Kier molecular flexibility index (Phi) is 3.81. The quantitative estimate of drug-likeness (QED) is 0.479. The molecule has 1 atom stereocenters. The van der Waals surface area contributed by atoms with E-state index >= 15 is 0 Å². The van der Waals surface area contributed by atoms with Gasteiger partial charge in [-0.15, -0.1) is 0 Å². The number of carbonyl (C=O) groups is 2. The third-order valence-electron chi connectivity index (χ3n) is 2.50. The molecule has 6 nitrogen and oxygen atoms in total. The van der Waals surface area contributed by atoms with Crippen molar-refractivity contribution < 1.29 is 19.8 Å². The molecule has 100 valence electrons. The summed E-state index contributed by atoms with van der Waals surface area (Å²) >= 11 is 0. The van der Waals surface area contributed by atoms with Crippen LogP contribution in [0.5, 0.6) is 0 Å². The molecular weight excluding hydrogens is 236 g/mol. The maximum Gasteiger partial charge on any atom is 0.322 e. The highest BCUT2D eigenvalue weighted by molar-refractivity contribution is 6.06. The van der Waals surface area contributed by atoms with Crippen molar-refractivity contribution in [3.63, 3.8) is 0 Å². The number of nitrogens with one attached hydrogen (secondary N) is 2. The topological polar surface area (TPSA) is 98.7 Å². The highest BCUT2D eigenvalue weighted by Gasteiger charge is 2.36. The minimum absolute atomic E-state index is 0.238. The first-order chi connectivity index (χ1) is 8.12. The van der Waals surface area contributed by atoms with Crippen LogP contribution in [-0.2, 0) is 4.79 Å². The number of amides is 3. The van der Waals surface area contributed by atoms with Crippen molar-refractivity contribution in [2.75, 3.05) is 0 Å². The number of aliphatic hydroxyl groups is 2. The Balaban J connectivity index is 0.000000180. The zero-order valence-corrected chi connectivity index (χ0v) is 10.7. The van der Waals surface area contributed by atoms with Gasteiger partial charge in [-0.25, -0.2) is 4.79 Å². The fourth-order valence-corrected chi connectivity index (χ4v) is 1.48. The molecule has 4 N–H and O–H groups in total. The molecular formula is C12H18N2O4. The summed E-state index contributed by atoms with van der Waals surface area (Å²) in [5.41, 5.74) is -1.57. The molecule has 0 aromatic carbocycles. The molecule has 1 heterocycles. The Morgan fingerprint density at radius 2 is 1.89 bits per heavy atom. The monoisotopic (exact) mass is 254 g/mol. The molecule has 6 heteroatoms. The normalized spacial score (nSPS) is 28.8. The standard InChI is InChI=1S/C7H10O2.C5H8N2O2/c1-7(9)4-2-3-6(8)5-7;1-5(2)3(8)6-4(9)7-5/h2-4,8-9H,5H2,1H3;1-2H3,(H2,6,7,8,9). The number of hydrogen-bond donors (Lipinski definition) is 4.